The van der Waals surface area contributed by atoms with Gasteiger partial charge in [-0.3, -0.25) is 0 Å². The highest BCUT2D eigenvalue weighted by molar-refractivity contribution is 5.63. The molecule has 0 aromatic heterocycles. The van der Waals surface area contributed by atoms with Gasteiger partial charge in [0.2, 0.25) is 0 Å². The zero-order valence-corrected chi connectivity index (χ0v) is 12.3. The summed E-state index contributed by atoms with van der Waals surface area (Å²) in [6, 6.07) is 8.64. The predicted octanol–water partition coefficient (Wildman–Crippen LogP) is 4.25. The molecule has 0 heterocycles. The second kappa shape index (κ2) is 13.6. The van der Waals surface area contributed by atoms with Gasteiger partial charge in [-0.1, -0.05) is 51.5 Å². The van der Waals surface area contributed by atoms with E-state index < -0.39 is 6.09 Å². The molecule has 1 aromatic carbocycles. The number of unbranched alkanes of at least 4 members (excludes halogenated alkanes) is 1. The van der Waals surface area contributed by atoms with Gasteiger partial charge in [0.15, 0.2) is 0 Å². The Balaban J connectivity index is 0. The van der Waals surface area contributed by atoms with Crippen LogP contribution in [0.25, 0.3) is 0 Å². The number of hydrogen-bond donors (Lipinski definition) is 2. The van der Waals surface area contributed by atoms with Crippen LogP contribution in [0, 0.1) is 6.92 Å². The first-order chi connectivity index (χ1) is 8.61. The average Bonchev–Trinajstić information content (AvgIpc) is 2.41. The molecule has 2 N–H and O–H groups in total. The fourth-order valence-electron chi connectivity index (χ4n) is 1.26. The van der Waals surface area contributed by atoms with Crippen molar-refractivity contribution in [1.82, 2.24) is 5.32 Å². The summed E-state index contributed by atoms with van der Waals surface area (Å²) in [7, 11) is 1.35. The van der Waals surface area contributed by atoms with Crippen LogP contribution in [0.15, 0.2) is 24.3 Å². The topological polar surface area (TPSA) is 49.3 Å². The lowest BCUT2D eigenvalue weighted by Gasteiger charge is -2.02. The molecular formula is C15H27NO2. The normalized spacial score (nSPS) is 8.28. The molecule has 0 aliphatic rings. The van der Waals surface area contributed by atoms with Crippen molar-refractivity contribution in [2.24, 2.45) is 0 Å². The summed E-state index contributed by atoms with van der Waals surface area (Å²) in [5.41, 5.74) is 2.94. The number of hydrogen-bond acceptors (Lipinski definition) is 1. The number of rotatable bonds is 3. The first-order valence-corrected chi connectivity index (χ1v) is 6.57. The second-order valence-electron chi connectivity index (χ2n) is 3.59. The van der Waals surface area contributed by atoms with E-state index in [-0.39, 0.29) is 0 Å². The van der Waals surface area contributed by atoms with E-state index in [1.165, 1.54) is 37.4 Å². The highest BCUT2D eigenvalue weighted by atomic mass is 16.4. The molecule has 1 rings (SSSR count). The maximum atomic E-state index is 9.26. The van der Waals surface area contributed by atoms with Crippen LogP contribution in [0.4, 0.5) is 4.79 Å². The highest BCUT2D eigenvalue weighted by Crippen LogP contribution is 2.09. The number of carboxylic acid groups (broad SMARTS) is 1. The lowest BCUT2D eigenvalue weighted by molar-refractivity contribution is 0.197. The van der Waals surface area contributed by atoms with Crippen molar-refractivity contribution < 1.29 is 9.90 Å². The molecule has 0 aliphatic heterocycles. The molecule has 104 valence electrons. The zero-order chi connectivity index (χ0) is 14.4. The van der Waals surface area contributed by atoms with Crippen LogP contribution in [0.2, 0.25) is 0 Å². The van der Waals surface area contributed by atoms with Crippen LogP contribution in [0.3, 0.4) is 0 Å². The molecule has 3 heteroatoms. The van der Waals surface area contributed by atoms with Crippen molar-refractivity contribution in [3.8, 4) is 0 Å². The van der Waals surface area contributed by atoms with Crippen molar-refractivity contribution in [3.05, 3.63) is 35.4 Å². The third-order valence-electron chi connectivity index (χ3n) is 2.27. The van der Waals surface area contributed by atoms with Gasteiger partial charge >= 0.3 is 6.09 Å². The summed E-state index contributed by atoms with van der Waals surface area (Å²) in [5, 5.41) is 9.56. The Morgan fingerprint density at radius 3 is 2.17 bits per heavy atom. The van der Waals surface area contributed by atoms with E-state index in [0.717, 1.165) is 0 Å². The Morgan fingerprint density at radius 1 is 1.28 bits per heavy atom. The molecule has 0 unspecified atom stereocenters. The van der Waals surface area contributed by atoms with Gasteiger partial charge in [-0.2, -0.15) is 0 Å². The average molecular weight is 253 g/mol. The zero-order valence-electron chi connectivity index (χ0n) is 12.3. The fourth-order valence-corrected chi connectivity index (χ4v) is 1.26. The SMILES string of the molecule is CC.CCCCc1ccccc1C.CNC(=O)O. The summed E-state index contributed by atoms with van der Waals surface area (Å²) in [4.78, 5) is 9.26. The molecule has 0 fully saturated rings. The quantitative estimate of drug-likeness (QED) is 0.846. The van der Waals surface area contributed by atoms with Gasteiger partial charge in [0.05, 0.1) is 0 Å². The van der Waals surface area contributed by atoms with E-state index in [4.69, 9.17) is 5.11 Å². The molecule has 0 radical (unpaired) electrons. The van der Waals surface area contributed by atoms with Crippen molar-refractivity contribution in [2.45, 2.75) is 47.0 Å². The molecule has 1 aromatic rings. The largest absolute Gasteiger partial charge is 0.465 e. The summed E-state index contributed by atoms with van der Waals surface area (Å²) in [6.07, 6.45) is 2.84. The number of nitrogens with one attached hydrogen (secondary N) is 1. The molecule has 1 amide bonds. The Morgan fingerprint density at radius 2 is 1.78 bits per heavy atom. The Bertz CT molecular complexity index is 311. The van der Waals surface area contributed by atoms with Crippen LogP contribution >= 0.6 is 0 Å². The van der Waals surface area contributed by atoms with Gasteiger partial charge < -0.3 is 10.4 Å². The summed E-state index contributed by atoms with van der Waals surface area (Å²) in [5.74, 6) is 0. The van der Waals surface area contributed by atoms with Crippen molar-refractivity contribution in [2.75, 3.05) is 7.05 Å². The molecule has 0 saturated heterocycles. The van der Waals surface area contributed by atoms with Gasteiger partial charge in [-0.25, -0.2) is 4.79 Å². The number of aryl methyl sites for hydroxylation is 2. The van der Waals surface area contributed by atoms with Crippen molar-refractivity contribution in [1.29, 1.82) is 0 Å². The maximum Gasteiger partial charge on any atom is 0.404 e. The fraction of sp³-hybridized carbons (Fsp3) is 0.533. The number of benzene rings is 1. The first-order valence-electron chi connectivity index (χ1n) is 6.57. The molecule has 3 nitrogen and oxygen atoms in total. The highest BCUT2D eigenvalue weighted by Gasteiger charge is 1.94. The number of amides is 1. The van der Waals surface area contributed by atoms with E-state index in [1.54, 1.807) is 0 Å². The maximum absolute atomic E-state index is 9.26. The lowest BCUT2D eigenvalue weighted by Crippen LogP contribution is -2.13. The van der Waals surface area contributed by atoms with Crippen LogP contribution in [0.5, 0.6) is 0 Å². The van der Waals surface area contributed by atoms with Crippen LogP contribution in [-0.2, 0) is 6.42 Å². The smallest absolute Gasteiger partial charge is 0.404 e. The van der Waals surface area contributed by atoms with E-state index >= 15 is 0 Å². The minimum Gasteiger partial charge on any atom is -0.465 e. The van der Waals surface area contributed by atoms with Crippen LogP contribution in [0.1, 0.15) is 44.7 Å². The molecule has 0 bridgehead atoms. The standard InChI is InChI=1S/C11H16.C2H5NO2.C2H6/c1-3-4-8-11-9-6-5-7-10(11)2;1-3-2(4)5;1-2/h5-7,9H,3-4,8H2,1-2H3;3H,1H3,(H,4,5);1-2H3. The van der Waals surface area contributed by atoms with E-state index in [0.29, 0.717) is 0 Å². The van der Waals surface area contributed by atoms with E-state index in [2.05, 4.69) is 38.1 Å². The van der Waals surface area contributed by atoms with Gasteiger partial charge in [0.25, 0.3) is 0 Å². The molecule has 0 saturated carbocycles. The van der Waals surface area contributed by atoms with Gasteiger partial charge in [0.1, 0.15) is 0 Å². The van der Waals surface area contributed by atoms with Gasteiger partial charge in [-0.05, 0) is 30.9 Å². The summed E-state index contributed by atoms with van der Waals surface area (Å²) in [6.45, 7) is 8.42. The van der Waals surface area contributed by atoms with Gasteiger partial charge in [-0.15, -0.1) is 0 Å². The van der Waals surface area contributed by atoms with Crippen LogP contribution in [-0.4, -0.2) is 18.2 Å². The molecule has 18 heavy (non-hydrogen) atoms. The minimum atomic E-state index is -0.995. The van der Waals surface area contributed by atoms with Crippen molar-refractivity contribution >= 4 is 6.09 Å². The molecule has 0 atom stereocenters. The van der Waals surface area contributed by atoms with E-state index in [1.807, 2.05) is 19.2 Å². The Hall–Kier alpha value is -1.51. The summed E-state index contributed by atoms with van der Waals surface area (Å²) >= 11 is 0. The van der Waals surface area contributed by atoms with Crippen LogP contribution < -0.4 is 5.32 Å². The monoisotopic (exact) mass is 253 g/mol. The third-order valence-corrected chi connectivity index (χ3v) is 2.27. The van der Waals surface area contributed by atoms with Gasteiger partial charge in [0, 0.05) is 7.05 Å². The lowest BCUT2D eigenvalue weighted by atomic mass is 10.0. The molecule has 0 spiro atoms. The van der Waals surface area contributed by atoms with E-state index in [9.17, 15) is 4.79 Å². The first kappa shape index (κ1) is 18.8. The third kappa shape index (κ3) is 11.0. The predicted molar refractivity (Wildman–Crippen MR) is 78.2 cm³/mol. The summed E-state index contributed by atoms with van der Waals surface area (Å²) < 4.78 is 0. The Kier molecular flexibility index (Phi) is 14.2. The minimum absolute atomic E-state index is 0.995. The van der Waals surface area contributed by atoms with Crippen molar-refractivity contribution in [3.63, 3.8) is 0 Å². The Labute approximate surface area is 111 Å². The number of carbonyl (C=O) groups is 1. The second-order valence-corrected chi connectivity index (χ2v) is 3.59. The molecular weight excluding hydrogens is 226 g/mol. The molecule has 0 aliphatic carbocycles.